The number of aromatic nitrogens is 6. The van der Waals surface area contributed by atoms with Crippen LogP contribution in [0.15, 0.2) is 30.5 Å². The van der Waals surface area contributed by atoms with Crippen LogP contribution in [0, 0.1) is 13.8 Å². The SMILES string of the molecule is Cc1ccc(-c2cc(N3CCOC[C@H]3C)nc3c(-c4cc(C)nn4C4CCCCO4)[nH]nc23)cn1. The van der Waals surface area contributed by atoms with E-state index in [1.165, 1.54) is 0 Å². The molecule has 6 heterocycles. The van der Waals surface area contributed by atoms with Crippen LogP contribution in [0.3, 0.4) is 0 Å². The fourth-order valence-corrected chi connectivity index (χ4v) is 5.06. The summed E-state index contributed by atoms with van der Waals surface area (Å²) in [5.41, 5.74) is 7.41. The molecule has 9 nitrogen and oxygen atoms in total. The van der Waals surface area contributed by atoms with E-state index in [2.05, 4.69) is 40.1 Å². The van der Waals surface area contributed by atoms with Crippen molar-refractivity contribution in [3.63, 3.8) is 0 Å². The third kappa shape index (κ3) is 4.08. The molecule has 1 N–H and O–H groups in total. The van der Waals surface area contributed by atoms with Gasteiger partial charge in [0.15, 0.2) is 6.23 Å². The Labute approximate surface area is 204 Å². The minimum absolute atomic E-state index is 0.0750. The lowest BCUT2D eigenvalue weighted by atomic mass is 10.0. The molecule has 0 bridgehead atoms. The van der Waals surface area contributed by atoms with Crippen LogP contribution in [0.2, 0.25) is 0 Å². The number of fused-ring (bicyclic) bond motifs is 1. The van der Waals surface area contributed by atoms with Crippen LogP contribution < -0.4 is 4.90 Å². The predicted octanol–water partition coefficient (Wildman–Crippen LogP) is 4.42. The fourth-order valence-electron chi connectivity index (χ4n) is 5.06. The topological polar surface area (TPSA) is 94.0 Å². The lowest BCUT2D eigenvalue weighted by Gasteiger charge is -2.34. The number of pyridine rings is 2. The van der Waals surface area contributed by atoms with Crippen LogP contribution >= 0.6 is 0 Å². The number of anilines is 1. The van der Waals surface area contributed by atoms with Gasteiger partial charge in [-0.15, -0.1) is 0 Å². The average Bonchev–Trinajstić information content (AvgIpc) is 3.48. The van der Waals surface area contributed by atoms with E-state index in [4.69, 9.17) is 24.7 Å². The number of rotatable bonds is 4. The molecule has 2 aliphatic rings. The largest absolute Gasteiger partial charge is 0.377 e. The zero-order valence-electron chi connectivity index (χ0n) is 20.5. The monoisotopic (exact) mass is 473 g/mol. The summed E-state index contributed by atoms with van der Waals surface area (Å²) in [6, 6.07) is 8.58. The van der Waals surface area contributed by atoms with Gasteiger partial charge in [-0.05, 0) is 58.2 Å². The maximum Gasteiger partial charge on any atom is 0.150 e. The van der Waals surface area contributed by atoms with Crippen molar-refractivity contribution in [2.75, 3.05) is 31.3 Å². The second-order valence-electron chi connectivity index (χ2n) is 9.57. The molecule has 182 valence electrons. The summed E-state index contributed by atoms with van der Waals surface area (Å²) < 4.78 is 13.8. The molecular weight excluding hydrogens is 442 g/mol. The molecule has 2 atom stereocenters. The van der Waals surface area contributed by atoms with Crippen molar-refractivity contribution < 1.29 is 9.47 Å². The van der Waals surface area contributed by atoms with E-state index >= 15 is 0 Å². The maximum atomic E-state index is 6.08. The highest BCUT2D eigenvalue weighted by Crippen LogP contribution is 2.37. The van der Waals surface area contributed by atoms with E-state index in [0.29, 0.717) is 13.2 Å². The van der Waals surface area contributed by atoms with Crippen molar-refractivity contribution in [2.24, 2.45) is 0 Å². The van der Waals surface area contributed by atoms with Crippen LogP contribution in [0.5, 0.6) is 0 Å². The number of H-pyrrole nitrogens is 1. The van der Waals surface area contributed by atoms with Gasteiger partial charge in [0.2, 0.25) is 0 Å². The zero-order chi connectivity index (χ0) is 23.9. The van der Waals surface area contributed by atoms with Crippen LogP contribution in [0.25, 0.3) is 33.5 Å². The van der Waals surface area contributed by atoms with Crippen LogP contribution in [0.1, 0.15) is 43.8 Å². The van der Waals surface area contributed by atoms with Gasteiger partial charge in [-0.25, -0.2) is 9.67 Å². The maximum absolute atomic E-state index is 6.08. The molecular formula is C26H31N7O2. The van der Waals surface area contributed by atoms with E-state index in [-0.39, 0.29) is 12.3 Å². The average molecular weight is 474 g/mol. The number of aryl methyl sites for hydroxylation is 2. The highest BCUT2D eigenvalue weighted by molar-refractivity contribution is 5.99. The normalized spacial score (nSPS) is 21.1. The lowest BCUT2D eigenvalue weighted by Crippen LogP contribution is -2.44. The van der Waals surface area contributed by atoms with Gasteiger partial charge in [0.05, 0.1) is 30.6 Å². The van der Waals surface area contributed by atoms with Gasteiger partial charge in [-0.1, -0.05) is 6.07 Å². The number of ether oxygens (including phenoxy) is 2. The van der Waals surface area contributed by atoms with E-state index in [9.17, 15) is 0 Å². The van der Waals surface area contributed by atoms with Gasteiger partial charge in [-0.3, -0.25) is 10.1 Å². The van der Waals surface area contributed by atoms with Gasteiger partial charge in [0.1, 0.15) is 22.5 Å². The molecule has 35 heavy (non-hydrogen) atoms. The summed E-state index contributed by atoms with van der Waals surface area (Å²) >= 11 is 0. The molecule has 2 aliphatic heterocycles. The minimum Gasteiger partial charge on any atom is -0.377 e. The highest BCUT2D eigenvalue weighted by atomic mass is 16.5. The number of hydrogen-bond acceptors (Lipinski definition) is 7. The van der Waals surface area contributed by atoms with Crippen molar-refractivity contribution in [1.29, 1.82) is 0 Å². The highest BCUT2D eigenvalue weighted by Gasteiger charge is 2.27. The van der Waals surface area contributed by atoms with Crippen molar-refractivity contribution in [3.05, 3.63) is 41.9 Å². The Kier molecular flexibility index (Phi) is 5.74. The minimum atomic E-state index is -0.0750. The Morgan fingerprint density at radius 2 is 1.97 bits per heavy atom. The molecule has 0 aromatic carbocycles. The second-order valence-corrected chi connectivity index (χ2v) is 9.57. The van der Waals surface area contributed by atoms with Crippen molar-refractivity contribution >= 4 is 16.9 Å². The molecule has 6 rings (SSSR count). The van der Waals surface area contributed by atoms with Gasteiger partial charge in [-0.2, -0.15) is 10.2 Å². The number of hydrogen-bond donors (Lipinski definition) is 1. The first-order chi connectivity index (χ1) is 17.1. The number of aromatic amines is 1. The van der Waals surface area contributed by atoms with E-state index in [0.717, 1.165) is 83.2 Å². The number of nitrogens with one attached hydrogen (secondary N) is 1. The van der Waals surface area contributed by atoms with Crippen LogP contribution in [-0.2, 0) is 9.47 Å². The lowest BCUT2D eigenvalue weighted by molar-refractivity contribution is -0.0385. The van der Waals surface area contributed by atoms with Gasteiger partial charge >= 0.3 is 0 Å². The second kappa shape index (κ2) is 9.05. The molecule has 0 amide bonds. The molecule has 0 spiro atoms. The quantitative estimate of drug-likeness (QED) is 0.469. The van der Waals surface area contributed by atoms with E-state index in [1.54, 1.807) is 0 Å². The van der Waals surface area contributed by atoms with Gasteiger partial charge in [0.25, 0.3) is 0 Å². The summed E-state index contributed by atoms with van der Waals surface area (Å²) in [4.78, 5) is 12.0. The van der Waals surface area contributed by atoms with E-state index in [1.807, 2.05) is 30.8 Å². The Morgan fingerprint density at radius 3 is 2.74 bits per heavy atom. The number of nitrogens with zero attached hydrogens (tertiary/aromatic N) is 6. The molecule has 9 heteroatoms. The number of morpholine rings is 1. The first-order valence-electron chi connectivity index (χ1n) is 12.4. The molecule has 2 fully saturated rings. The third-order valence-electron chi connectivity index (χ3n) is 6.92. The molecule has 0 saturated carbocycles. The Bertz CT molecular complexity index is 1340. The predicted molar refractivity (Wildman–Crippen MR) is 134 cm³/mol. The van der Waals surface area contributed by atoms with Gasteiger partial charge < -0.3 is 14.4 Å². The smallest absolute Gasteiger partial charge is 0.150 e. The summed E-state index contributed by atoms with van der Waals surface area (Å²) in [6.45, 7) is 9.11. The molecule has 1 unspecified atom stereocenters. The standard InChI is InChI=1S/C26H31N7O2/c1-16-7-8-19(14-27-16)20-13-22(32-9-11-34-15-18(32)3)28-26-24(20)29-30-25(26)21-12-17(2)31-33(21)23-6-4-5-10-35-23/h7-8,12-14,18,23H,4-6,9-11,15H2,1-3H3,(H,29,30)/t18-,23?/m1/s1. The Morgan fingerprint density at radius 1 is 1.06 bits per heavy atom. The summed E-state index contributed by atoms with van der Waals surface area (Å²) in [5, 5.41) is 12.8. The zero-order valence-corrected chi connectivity index (χ0v) is 20.5. The summed E-state index contributed by atoms with van der Waals surface area (Å²) in [7, 11) is 0. The van der Waals surface area contributed by atoms with Crippen molar-refractivity contribution in [1.82, 2.24) is 29.9 Å². The van der Waals surface area contributed by atoms with Gasteiger partial charge in [0, 0.05) is 36.2 Å². The molecule has 4 aromatic rings. The molecule has 4 aromatic heterocycles. The van der Waals surface area contributed by atoms with E-state index < -0.39 is 0 Å². The first kappa shape index (κ1) is 22.2. The van der Waals surface area contributed by atoms with Crippen LogP contribution in [0.4, 0.5) is 5.82 Å². The summed E-state index contributed by atoms with van der Waals surface area (Å²) in [6.07, 6.45) is 5.01. The Hall–Kier alpha value is -3.30. The third-order valence-corrected chi connectivity index (χ3v) is 6.92. The van der Waals surface area contributed by atoms with Crippen molar-refractivity contribution in [2.45, 2.75) is 52.3 Å². The van der Waals surface area contributed by atoms with Crippen LogP contribution in [-0.4, -0.2) is 62.4 Å². The fraction of sp³-hybridized carbons (Fsp3) is 0.462. The Balaban J connectivity index is 1.54. The molecule has 0 radical (unpaired) electrons. The summed E-state index contributed by atoms with van der Waals surface area (Å²) in [5.74, 6) is 0.920. The first-order valence-corrected chi connectivity index (χ1v) is 12.4. The molecule has 2 saturated heterocycles. The van der Waals surface area contributed by atoms with Crippen molar-refractivity contribution in [3.8, 4) is 22.5 Å². The molecule has 0 aliphatic carbocycles.